The van der Waals surface area contributed by atoms with Crippen molar-refractivity contribution in [2.45, 2.75) is 43.9 Å². The van der Waals surface area contributed by atoms with Crippen molar-refractivity contribution in [1.82, 2.24) is 10.2 Å². The molecule has 6 heteroatoms. The van der Waals surface area contributed by atoms with E-state index in [4.69, 9.17) is 21.7 Å². The van der Waals surface area contributed by atoms with E-state index in [9.17, 15) is 5.26 Å². The standard InChI is InChI=1S/C25H23ClN4O/c26-20-9-5-4-8-18(20)21-19(14-27)24(28)31-25-22(21)23(29-30-25)17-12-10-16(11-13-17)15-6-2-1-3-7-15/h4-5,8-13,15,19,21,28H,1-3,6-7H2,(H,29,30). The van der Waals surface area contributed by atoms with Gasteiger partial charge in [0.2, 0.25) is 11.8 Å². The second-order valence-corrected chi connectivity index (χ2v) is 8.75. The molecule has 1 aromatic heterocycles. The van der Waals surface area contributed by atoms with Crippen molar-refractivity contribution in [3.8, 4) is 23.2 Å². The Morgan fingerprint density at radius 2 is 1.81 bits per heavy atom. The van der Waals surface area contributed by atoms with E-state index >= 15 is 0 Å². The second kappa shape index (κ2) is 8.20. The minimum absolute atomic E-state index is 0.106. The maximum absolute atomic E-state index is 9.84. The Kier molecular flexibility index (Phi) is 5.25. The number of fused-ring (bicyclic) bond motifs is 1. The first-order chi connectivity index (χ1) is 15.2. The quantitative estimate of drug-likeness (QED) is 0.502. The smallest absolute Gasteiger partial charge is 0.244 e. The van der Waals surface area contributed by atoms with Gasteiger partial charge in [0, 0.05) is 10.9 Å². The maximum Gasteiger partial charge on any atom is 0.244 e. The fraction of sp³-hybridized carbons (Fsp3) is 0.320. The van der Waals surface area contributed by atoms with E-state index in [0.29, 0.717) is 16.8 Å². The predicted molar refractivity (Wildman–Crippen MR) is 121 cm³/mol. The fourth-order valence-corrected chi connectivity index (χ4v) is 5.21. The van der Waals surface area contributed by atoms with Crippen LogP contribution in [0.3, 0.4) is 0 Å². The van der Waals surface area contributed by atoms with Gasteiger partial charge >= 0.3 is 0 Å². The van der Waals surface area contributed by atoms with Crippen molar-refractivity contribution in [1.29, 1.82) is 10.7 Å². The summed E-state index contributed by atoms with van der Waals surface area (Å²) in [5, 5.41) is 26.1. The van der Waals surface area contributed by atoms with Crippen LogP contribution >= 0.6 is 11.6 Å². The van der Waals surface area contributed by atoms with E-state index in [2.05, 4.69) is 40.5 Å². The summed E-state index contributed by atoms with van der Waals surface area (Å²) in [6.45, 7) is 0. The highest BCUT2D eigenvalue weighted by molar-refractivity contribution is 6.31. The molecule has 2 heterocycles. The normalized spacial score (nSPS) is 21.2. The minimum atomic E-state index is -0.773. The van der Waals surface area contributed by atoms with Gasteiger partial charge in [-0.1, -0.05) is 73.3 Å². The lowest BCUT2D eigenvalue weighted by atomic mass is 9.78. The predicted octanol–water partition coefficient (Wildman–Crippen LogP) is 6.42. The third-order valence-electron chi connectivity index (χ3n) is 6.56. The van der Waals surface area contributed by atoms with Gasteiger partial charge < -0.3 is 4.74 Å². The molecule has 1 aliphatic heterocycles. The number of rotatable bonds is 3. The van der Waals surface area contributed by atoms with Crippen molar-refractivity contribution < 1.29 is 4.74 Å². The van der Waals surface area contributed by atoms with E-state index < -0.39 is 11.8 Å². The number of nitriles is 1. The van der Waals surface area contributed by atoms with Crippen LogP contribution < -0.4 is 4.74 Å². The van der Waals surface area contributed by atoms with Crippen LogP contribution in [0.1, 0.15) is 60.6 Å². The zero-order valence-electron chi connectivity index (χ0n) is 17.1. The van der Waals surface area contributed by atoms with Crippen molar-refractivity contribution in [2.24, 2.45) is 5.92 Å². The highest BCUT2D eigenvalue weighted by Gasteiger charge is 2.41. The van der Waals surface area contributed by atoms with Gasteiger partial charge in [0.1, 0.15) is 5.92 Å². The number of H-pyrrole nitrogens is 1. The molecule has 31 heavy (non-hydrogen) atoms. The number of aromatic nitrogens is 2. The Morgan fingerprint density at radius 3 is 2.52 bits per heavy atom. The molecule has 156 valence electrons. The molecule has 1 aliphatic carbocycles. The van der Waals surface area contributed by atoms with Crippen LogP contribution in [0.15, 0.2) is 48.5 Å². The molecule has 3 aromatic rings. The Bertz CT molecular complexity index is 1160. The SMILES string of the molecule is N#CC1C(=N)Oc2n[nH]c(-c3ccc(C4CCCCC4)cc3)c2C1c1ccccc1Cl. The first kappa shape index (κ1) is 19.8. The Labute approximate surface area is 186 Å². The molecule has 2 aromatic carbocycles. The van der Waals surface area contributed by atoms with Gasteiger partial charge in [-0.25, -0.2) is 0 Å². The molecule has 2 N–H and O–H groups in total. The number of hydrogen-bond acceptors (Lipinski definition) is 4. The van der Waals surface area contributed by atoms with Gasteiger partial charge in [0.25, 0.3) is 0 Å². The first-order valence-electron chi connectivity index (χ1n) is 10.8. The van der Waals surface area contributed by atoms with E-state index in [1.807, 2.05) is 24.3 Å². The second-order valence-electron chi connectivity index (χ2n) is 8.35. The number of hydrogen-bond donors (Lipinski definition) is 2. The molecule has 0 saturated heterocycles. The fourth-order valence-electron chi connectivity index (χ4n) is 4.96. The third-order valence-corrected chi connectivity index (χ3v) is 6.90. The molecule has 2 atom stereocenters. The molecular weight excluding hydrogens is 408 g/mol. The molecule has 0 amide bonds. The number of nitrogens with one attached hydrogen (secondary N) is 2. The summed E-state index contributed by atoms with van der Waals surface area (Å²) < 4.78 is 5.62. The summed E-state index contributed by atoms with van der Waals surface area (Å²) in [5.74, 6) is -0.327. The molecule has 2 unspecified atom stereocenters. The van der Waals surface area contributed by atoms with Gasteiger partial charge in [-0.05, 0) is 41.5 Å². The summed E-state index contributed by atoms with van der Waals surface area (Å²) in [7, 11) is 0. The zero-order valence-corrected chi connectivity index (χ0v) is 17.8. The monoisotopic (exact) mass is 430 g/mol. The molecule has 1 fully saturated rings. The molecule has 0 radical (unpaired) electrons. The highest BCUT2D eigenvalue weighted by atomic mass is 35.5. The Morgan fingerprint density at radius 1 is 1.06 bits per heavy atom. The lowest BCUT2D eigenvalue weighted by Crippen LogP contribution is -2.31. The van der Waals surface area contributed by atoms with Gasteiger partial charge in [-0.2, -0.15) is 5.26 Å². The van der Waals surface area contributed by atoms with Crippen LogP contribution in [0.4, 0.5) is 0 Å². The molecule has 0 spiro atoms. The average Bonchev–Trinajstić information content (AvgIpc) is 3.23. The lowest BCUT2D eigenvalue weighted by molar-refractivity contribution is 0.437. The van der Waals surface area contributed by atoms with E-state index in [0.717, 1.165) is 22.4 Å². The number of ether oxygens (including phenoxy) is 1. The van der Waals surface area contributed by atoms with Crippen LogP contribution in [0.2, 0.25) is 5.02 Å². The Hall–Kier alpha value is -3.10. The molecule has 0 bridgehead atoms. The third kappa shape index (κ3) is 3.51. The van der Waals surface area contributed by atoms with Gasteiger partial charge in [-0.15, -0.1) is 5.10 Å². The van der Waals surface area contributed by atoms with E-state index in [1.54, 1.807) is 0 Å². The topological polar surface area (TPSA) is 85.6 Å². The molecule has 1 saturated carbocycles. The van der Waals surface area contributed by atoms with E-state index in [-0.39, 0.29) is 5.90 Å². The number of nitrogens with zero attached hydrogens (tertiary/aromatic N) is 2. The zero-order chi connectivity index (χ0) is 21.4. The van der Waals surface area contributed by atoms with Crippen LogP contribution in [0.5, 0.6) is 5.88 Å². The average molecular weight is 431 g/mol. The summed E-state index contributed by atoms with van der Waals surface area (Å²) in [4.78, 5) is 0. The summed E-state index contributed by atoms with van der Waals surface area (Å²) in [6.07, 6.45) is 6.46. The minimum Gasteiger partial charge on any atom is -0.422 e. The van der Waals surface area contributed by atoms with Gasteiger partial charge in [-0.3, -0.25) is 10.5 Å². The van der Waals surface area contributed by atoms with Gasteiger partial charge in [0.05, 0.1) is 17.3 Å². The lowest BCUT2D eigenvalue weighted by Gasteiger charge is -2.28. The van der Waals surface area contributed by atoms with Gasteiger partial charge in [0.15, 0.2) is 0 Å². The largest absolute Gasteiger partial charge is 0.422 e. The van der Waals surface area contributed by atoms with Crippen LogP contribution in [-0.4, -0.2) is 16.1 Å². The van der Waals surface area contributed by atoms with Crippen LogP contribution in [0, 0.1) is 22.7 Å². The highest BCUT2D eigenvalue weighted by Crippen LogP contribution is 2.47. The maximum atomic E-state index is 9.84. The Balaban J connectivity index is 1.58. The summed E-state index contributed by atoms with van der Waals surface area (Å²) in [5.41, 5.74) is 4.75. The number of benzene rings is 2. The first-order valence-corrected chi connectivity index (χ1v) is 11.1. The number of aromatic amines is 1. The van der Waals surface area contributed by atoms with Crippen LogP contribution in [-0.2, 0) is 0 Å². The van der Waals surface area contributed by atoms with Crippen LogP contribution in [0.25, 0.3) is 11.3 Å². The summed E-state index contributed by atoms with van der Waals surface area (Å²) >= 11 is 6.51. The molecule has 2 aliphatic rings. The van der Waals surface area contributed by atoms with Crippen molar-refractivity contribution >= 4 is 17.5 Å². The number of halogens is 1. The molecule has 5 nitrogen and oxygen atoms in total. The van der Waals surface area contributed by atoms with Crippen molar-refractivity contribution in [2.75, 3.05) is 0 Å². The summed E-state index contributed by atoms with van der Waals surface area (Å²) in [6, 6.07) is 18.3. The molecule has 5 rings (SSSR count). The molecular formula is C25H23ClN4O. The van der Waals surface area contributed by atoms with E-state index in [1.165, 1.54) is 37.7 Å². The van der Waals surface area contributed by atoms with Crippen molar-refractivity contribution in [3.05, 3.63) is 70.2 Å². The van der Waals surface area contributed by atoms with Crippen molar-refractivity contribution in [3.63, 3.8) is 0 Å².